The number of hydrogen-bond acceptors (Lipinski definition) is 3. The van der Waals surface area contributed by atoms with Gasteiger partial charge in [-0.1, -0.05) is 129 Å². The smallest absolute Gasteiger partial charge is 0.174 e. The van der Waals surface area contributed by atoms with E-state index in [0.29, 0.717) is 5.56 Å². The van der Waals surface area contributed by atoms with E-state index in [2.05, 4.69) is 147 Å². The number of benzene rings is 6. The molecule has 3 nitrogen and oxygen atoms in total. The van der Waals surface area contributed by atoms with E-state index in [9.17, 15) is 5.26 Å². The molecule has 0 fully saturated rings. The summed E-state index contributed by atoms with van der Waals surface area (Å²) in [6.07, 6.45) is 10.9. The van der Waals surface area contributed by atoms with E-state index in [0.717, 1.165) is 40.9 Å². The first-order valence-corrected chi connectivity index (χ1v) is 17.6. The Balaban J connectivity index is 1.19. The molecule has 3 heteroatoms. The molecule has 9 rings (SSSR count). The van der Waals surface area contributed by atoms with Gasteiger partial charge in [-0.15, -0.1) is 0 Å². The predicted molar refractivity (Wildman–Crippen MR) is 208 cm³/mol. The van der Waals surface area contributed by atoms with Crippen molar-refractivity contribution < 1.29 is 9.47 Å². The highest BCUT2D eigenvalue weighted by molar-refractivity contribution is 6.08. The Labute approximate surface area is 299 Å². The minimum Gasteiger partial charge on any atom is -0.497 e. The Morgan fingerprint density at radius 2 is 1.43 bits per heavy atom. The van der Waals surface area contributed by atoms with Crippen LogP contribution in [-0.4, -0.2) is 7.11 Å². The third-order valence-electron chi connectivity index (χ3n) is 11.2. The maximum atomic E-state index is 9.78. The summed E-state index contributed by atoms with van der Waals surface area (Å²) in [6.45, 7) is 4.55. The van der Waals surface area contributed by atoms with Gasteiger partial charge in [0.15, 0.2) is 5.60 Å². The van der Waals surface area contributed by atoms with Gasteiger partial charge in [0.1, 0.15) is 11.5 Å². The summed E-state index contributed by atoms with van der Waals surface area (Å²) in [6, 6.07) is 44.9. The van der Waals surface area contributed by atoms with Gasteiger partial charge >= 0.3 is 0 Å². The number of nitrogens with zero attached hydrogens (tertiary/aromatic N) is 1. The highest BCUT2D eigenvalue weighted by atomic mass is 16.5. The molecule has 1 atom stereocenters. The van der Waals surface area contributed by atoms with Gasteiger partial charge < -0.3 is 9.47 Å². The van der Waals surface area contributed by atoms with Crippen molar-refractivity contribution in [2.75, 3.05) is 7.11 Å². The lowest BCUT2D eigenvalue weighted by Gasteiger charge is -2.40. The summed E-state index contributed by atoms with van der Waals surface area (Å²) >= 11 is 0. The Morgan fingerprint density at radius 3 is 2.14 bits per heavy atom. The van der Waals surface area contributed by atoms with Crippen molar-refractivity contribution >= 4 is 22.4 Å². The van der Waals surface area contributed by atoms with Crippen LogP contribution >= 0.6 is 0 Å². The molecule has 0 radical (unpaired) electrons. The molecule has 0 saturated heterocycles. The molecule has 51 heavy (non-hydrogen) atoms. The van der Waals surface area contributed by atoms with Gasteiger partial charge in [0.25, 0.3) is 0 Å². The molecule has 0 saturated carbocycles. The van der Waals surface area contributed by atoms with Gasteiger partial charge in [0.05, 0.1) is 18.7 Å². The fourth-order valence-electron chi connectivity index (χ4n) is 8.55. The Hall–Kier alpha value is -6.11. The molecule has 1 aliphatic heterocycles. The monoisotopic (exact) mass is 659 g/mol. The van der Waals surface area contributed by atoms with E-state index >= 15 is 0 Å². The maximum Gasteiger partial charge on any atom is 0.174 e. The largest absolute Gasteiger partial charge is 0.497 e. The standard InChI is InChI=1S/C48H37NO2/c1-47(2)43-29-31(30-49)13-26-41(43)44-39-11-7-8-12-40(39)46-42(45(44)47)27-28-48(51-46,37-22-24-38(50-3)25-23-37)36-20-18-35(19-21-36)34-16-14-33(15-17-34)32-9-5-4-6-10-32/h4-18,20,22-29H,19,21H2,1-3H3. The van der Waals surface area contributed by atoms with Gasteiger partial charge in [-0.25, -0.2) is 0 Å². The highest BCUT2D eigenvalue weighted by Gasteiger charge is 2.45. The fourth-order valence-corrected chi connectivity index (χ4v) is 8.55. The van der Waals surface area contributed by atoms with Crippen LogP contribution in [0.15, 0.2) is 145 Å². The average Bonchev–Trinajstić information content (AvgIpc) is 3.44. The first-order chi connectivity index (χ1) is 24.9. The second-order valence-electron chi connectivity index (χ2n) is 14.3. The zero-order chi connectivity index (χ0) is 34.7. The van der Waals surface area contributed by atoms with E-state index in [-0.39, 0.29) is 5.41 Å². The summed E-state index contributed by atoms with van der Waals surface area (Å²) < 4.78 is 13.1. The zero-order valence-electron chi connectivity index (χ0n) is 29.0. The molecule has 6 aromatic carbocycles. The second-order valence-corrected chi connectivity index (χ2v) is 14.3. The topological polar surface area (TPSA) is 42.2 Å². The molecule has 2 aliphatic carbocycles. The van der Waals surface area contributed by atoms with Crippen molar-refractivity contribution in [2.45, 2.75) is 37.7 Å². The second kappa shape index (κ2) is 11.8. The summed E-state index contributed by atoms with van der Waals surface area (Å²) in [4.78, 5) is 0. The van der Waals surface area contributed by atoms with Gasteiger partial charge in [-0.3, -0.25) is 0 Å². The molecule has 1 unspecified atom stereocenters. The van der Waals surface area contributed by atoms with Crippen LogP contribution in [0.2, 0.25) is 0 Å². The number of fused-ring (bicyclic) bond motifs is 8. The van der Waals surface area contributed by atoms with E-state index in [1.54, 1.807) is 7.11 Å². The third-order valence-corrected chi connectivity index (χ3v) is 11.2. The van der Waals surface area contributed by atoms with Crippen LogP contribution in [0, 0.1) is 11.3 Å². The molecule has 1 heterocycles. The van der Waals surface area contributed by atoms with Crippen LogP contribution in [-0.2, 0) is 11.0 Å². The Morgan fingerprint density at radius 1 is 0.725 bits per heavy atom. The SMILES string of the molecule is COc1ccc(C2(C3=CC=C(c4ccc(-c5ccccc5)cc4)CC3)C=Cc3c4c(c5ccccc5c3O2)-c2ccc(C#N)cc2C4(C)C)cc1. The minimum absolute atomic E-state index is 0.322. The van der Waals surface area contributed by atoms with Crippen molar-refractivity contribution in [3.63, 3.8) is 0 Å². The molecule has 0 bridgehead atoms. The molecule has 0 aromatic heterocycles. The first kappa shape index (κ1) is 30.9. The molecule has 3 aliphatic rings. The zero-order valence-corrected chi connectivity index (χ0v) is 29.0. The van der Waals surface area contributed by atoms with Crippen molar-refractivity contribution in [3.05, 3.63) is 179 Å². The number of rotatable bonds is 5. The van der Waals surface area contributed by atoms with Crippen LogP contribution in [0.1, 0.15) is 60.1 Å². The van der Waals surface area contributed by atoms with E-state index in [1.165, 1.54) is 55.5 Å². The van der Waals surface area contributed by atoms with E-state index in [4.69, 9.17) is 9.47 Å². The van der Waals surface area contributed by atoms with Gasteiger partial charge in [0.2, 0.25) is 0 Å². The van der Waals surface area contributed by atoms with Gasteiger partial charge in [-0.2, -0.15) is 5.26 Å². The lowest BCUT2D eigenvalue weighted by Crippen LogP contribution is -2.36. The van der Waals surface area contributed by atoms with Crippen LogP contribution in [0.3, 0.4) is 0 Å². The van der Waals surface area contributed by atoms with Gasteiger partial charge in [0, 0.05) is 21.9 Å². The van der Waals surface area contributed by atoms with E-state index < -0.39 is 5.60 Å². The molecule has 0 amide bonds. The number of allylic oxidation sites excluding steroid dienone is 3. The maximum absolute atomic E-state index is 9.78. The van der Waals surface area contributed by atoms with Gasteiger partial charge in [-0.05, 0) is 98.7 Å². The fraction of sp³-hybridized carbons (Fsp3) is 0.146. The van der Waals surface area contributed by atoms with Crippen LogP contribution < -0.4 is 9.47 Å². The molecule has 246 valence electrons. The summed E-state index contributed by atoms with van der Waals surface area (Å²) in [5.74, 6) is 1.71. The first-order valence-electron chi connectivity index (χ1n) is 17.6. The molecule has 6 aromatic rings. The van der Waals surface area contributed by atoms with Crippen LogP contribution in [0.4, 0.5) is 0 Å². The number of hydrogen-bond donors (Lipinski definition) is 0. The van der Waals surface area contributed by atoms with Crippen molar-refractivity contribution in [1.29, 1.82) is 5.26 Å². The Bertz CT molecular complexity index is 2490. The molecule has 0 N–H and O–H groups in total. The Kier molecular flexibility index (Phi) is 7.12. The van der Waals surface area contributed by atoms with Crippen LogP contribution in [0.25, 0.3) is 44.7 Å². The van der Waals surface area contributed by atoms with Crippen LogP contribution in [0.5, 0.6) is 11.5 Å². The quantitative estimate of drug-likeness (QED) is 0.185. The normalized spacial score (nSPS) is 18.1. The highest BCUT2D eigenvalue weighted by Crippen LogP contribution is 2.58. The summed E-state index contributed by atoms with van der Waals surface area (Å²) in [5.41, 5.74) is 12.8. The average molecular weight is 660 g/mol. The van der Waals surface area contributed by atoms with Crippen molar-refractivity contribution in [3.8, 4) is 39.8 Å². The summed E-state index contributed by atoms with van der Waals surface area (Å²) in [7, 11) is 1.70. The molecular formula is C48H37NO2. The lowest BCUT2D eigenvalue weighted by atomic mass is 9.75. The number of nitriles is 1. The number of methoxy groups -OCH3 is 1. The predicted octanol–water partition coefficient (Wildman–Crippen LogP) is 11.8. The van der Waals surface area contributed by atoms with Crippen molar-refractivity contribution in [1.82, 2.24) is 0 Å². The summed E-state index contributed by atoms with van der Waals surface area (Å²) in [5, 5.41) is 12.0. The minimum atomic E-state index is -0.806. The number of ether oxygens (including phenoxy) is 2. The molecular weight excluding hydrogens is 623 g/mol. The van der Waals surface area contributed by atoms with E-state index in [1.807, 2.05) is 18.2 Å². The third kappa shape index (κ3) is 4.78. The lowest BCUT2D eigenvalue weighted by molar-refractivity contribution is 0.154. The molecule has 0 spiro atoms. The van der Waals surface area contributed by atoms with Crippen molar-refractivity contribution in [2.24, 2.45) is 0 Å².